The maximum absolute atomic E-state index is 6.14. The Morgan fingerprint density at radius 1 is 1.25 bits per heavy atom. The summed E-state index contributed by atoms with van der Waals surface area (Å²) in [5.41, 5.74) is 0. The maximum Gasteiger partial charge on any atom is 0.120 e. The summed E-state index contributed by atoms with van der Waals surface area (Å²) < 4.78 is 11.9. The predicted molar refractivity (Wildman–Crippen MR) is 82.5 cm³/mol. The molecule has 0 amide bonds. The second kappa shape index (κ2) is 7.53. The Morgan fingerprint density at radius 2 is 1.95 bits per heavy atom. The molecule has 3 heteroatoms. The molecule has 0 aliphatic carbocycles. The summed E-state index contributed by atoms with van der Waals surface area (Å²) in [6.07, 6.45) is 3.90. The van der Waals surface area contributed by atoms with Gasteiger partial charge in [-0.05, 0) is 57.0 Å². The number of hydrogen-bond acceptors (Lipinski definition) is 3. The summed E-state index contributed by atoms with van der Waals surface area (Å²) in [6, 6.07) is 8.04. The molecule has 1 aromatic rings. The van der Waals surface area contributed by atoms with Crippen molar-refractivity contribution in [1.82, 2.24) is 5.32 Å². The van der Waals surface area contributed by atoms with Gasteiger partial charge in [0.25, 0.3) is 0 Å². The number of hydrogen-bond donors (Lipinski definition) is 1. The van der Waals surface area contributed by atoms with E-state index >= 15 is 0 Å². The second-order valence-electron chi connectivity index (χ2n) is 5.79. The Labute approximate surface area is 122 Å². The lowest BCUT2D eigenvalue weighted by Crippen LogP contribution is -2.29. The van der Waals surface area contributed by atoms with Crippen molar-refractivity contribution in [2.45, 2.75) is 52.2 Å². The zero-order chi connectivity index (χ0) is 14.4. The standard InChI is InChI=1S/C17H27NO2/c1-4-14(3)19-15-7-9-16(10-8-15)20-17-6-5-11-18-12-13(17)2/h7-10,13-14,17-18H,4-6,11-12H2,1-3H3. The van der Waals surface area contributed by atoms with E-state index in [2.05, 4.69) is 26.1 Å². The number of nitrogens with one attached hydrogen (secondary N) is 1. The summed E-state index contributed by atoms with van der Waals surface area (Å²) in [5.74, 6) is 2.41. The van der Waals surface area contributed by atoms with E-state index in [0.717, 1.165) is 37.4 Å². The highest BCUT2D eigenvalue weighted by atomic mass is 16.5. The zero-order valence-electron chi connectivity index (χ0n) is 12.9. The molecule has 3 atom stereocenters. The third kappa shape index (κ3) is 4.41. The first-order valence-corrected chi connectivity index (χ1v) is 7.83. The summed E-state index contributed by atoms with van der Waals surface area (Å²) in [7, 11) is 0. The van der Waals surface area contributed by atoms with Gasteiger partial charge in [-0.15, -0.1) is 0 Å². The van der Waals surface area contributed by atoms with Crippen molar-refractivity contribution in [2.24, 2.45) is 5.92 Å². The third-order valence-electron chi connectivity index (χ3n) is 3.97. The Hall–Kier alpha value is -1.22. The average molecular weight is 277 g/mol. The first kappa shape index (κ1) is 15.2. The third-order valence-corrected chi connectivity index (χ3v) is 3.97. The molecule has 1 aliphatic heterocycles. The molecule has 1 saturated heterocycles. The van der Waals surface area contributed by atoms with Crippen molar-refractivity contribution in [3.05, 3.63) is 24.3 Å². The molecule has 20 heavy (non-hydrogen) atoms. The minimum Gasteiger partial charge on any atom is -0.491 e. The average Bonchev–Trinajstić information content (AvgIpc) is 2.66. The van der Waals surface area contributed by atoms with Gasteiger partial charge in [0.2, 0.25) is 0 Å². The molecule has 3 nitrogen and oxygen atoms in total. The molecule has 1 heterocycles. The van der Waals surface area contributed by atoms with Gasteiger partial charge in [-0.25, -0.2) is 0 Å². The number of rotatable bonds is 5. The molecular formula is C17H27NO2. The fraction of sp³-hybridized carbons (Fsp3) is 0.647. The molecule has 1 aliphatic rings. The van der Waals surface area contributed by atoms with Crippen molar-refractivity contribution in [3.63, 3.8) is 0 Å². The maximum atomic E-state index is 6.14. The van der Waals surface area contributed by atoms with Gasteiger partial charge in [0.15, 0.2) is 0 Å². The lowest BCUT2D eigenvalue weighted by Gasteiger charge is -2.23. The van der Waals surface area contributed by atoms with E-state index in [1.165, 1.54) is 6.42 Å². The van der Waals surface area contributed by atoms with Gasteiger partial charge in [0.1, 0.15) is 17.6 Å². The Kier molecular flexibility index (Phi) is 5.72. The molecular weight excluding hydrogens is 250 g/mol. The molecule has 3 unspecified atom stereocenters. The topological polar surface area (TPSA) is 30.5 Å². The minimum atomic E-state index is 0.259. The van der Waals surface area contributed by atoms with Gasteiger partial charge in [-0.1, -0.05) is 13.8 Å². The molecule has 0 radical (unpaired) electrons. The van der Waals surface area contributed by atoms with Gasteiger partial charge < -0.3 is 14.8 Å². The van der Waals surface area contributed by atoms with Crippen LogP contribution in [0.15, 0.2) is 24.3 Å². The van der Waals surface area contributed by atoms with Gasteiger partial charge in [-0.2, -0.15) is 0 Å². The van der Waals surface area contributed by atoms with E-state index in [1.54, 1.807) is 0 Å². The van der Waals surface area contributed by atoms with Crippen LogP contribution in [0.4, 0.5) is 0 Å². The van der Waals surface area contributed by atoms with Gasteiger partial charge in [0.05, 0.1) is 6.10 Å². The van der Waals surface area contributed by atoms with Crippen LogP contribution in [0.2, 0.25) is 0 Å². The molecule has 1 fully saturated rings. The van der Waals surface area contributed by atoms with Gasteiger partial charge in [0, 0.05) is 12.5 Å². The van der Waals surface area contributed by atoms with Crippen molar-refractivity contribution < 1.29 is 9.47 Å². The molecule has 1 aromatic carbocycles. The van der Waals surface area contributed by atoms with E-state index < -0.39 is 0 Å². The van der Waals surface area contributed by atoms with Crippen LogP contribution in [0, 0.1) is 5.92 Å². The van der Waals surface area contributed by atoms with Gasteiger partial charge in [-0.3, -0.25) is 0 Å². The SMILES string of the molecule is CCC(C)Oc1ccc(OC2CCCNCC2C)cc1. The van der Waals surface area contributed by atoms with Crippen molar-refractivity contribution >= 4 is 0 Å². The van der Waals surface area contributed by atoms with E-state index in [-0.39, 0.29) is 6.10 Å². The van der Waals surface area contributed by atoms with Crippen LogP contribution >= 0.6 is 0 Å². The molecule has 0 bridgehead atoms. The minimum absolute atomic E-state index is 0.259. The number of benzene rings is 1. The van der Waals surface area contributed by atoms with Crippen LogP contribution in [-0.4, -0.2) is 25.3 Å². The fourth-order valence-corrected chi connectivity index (χ4v) is 2.44. The lowest BCUT2D eigenvalue weighted by molar-refractivity contribution is 0.140. The molecule has 112 valence electrons. The fourth-order valence-electron chi connectivity index (χ4n) is 2.44. The van der Waals surface area contributed by atoms with Crippen LogP contribution in [0.5, 0.6) is 11.5 Å². The second-order valence-corrected chi connectivity index (χ2v) is 5.79. The summed E-state index contributed by atoms with van der Waals surface area (Å²) in [4.78, 5) is 0. The molecule has 0 aromatic heterocycles. The molecule has 1 N–H and O–H groups in total. The number of ether oxygens (including phenoxy) is 2. The van der Waals surface area contributed by atoms with E-state index in [1.807, 2.05) is 24.3 Å². The van der Waals surface area contributed by atoms with E-state index in [9.17, 15) is 0 Å². The smallest absolute Gasteiger partial charge is 0.120 e. The largest absolute Gasteiger partial charge is 0.491 e. The first-order valence-electron chi connectivity index (χ1n) is 7.83. The predicted octanol–water partition coefficient (Wildman–Crippen LogP) is 3.63. The Morgan fingerprint density at radius 3 is 2.65 bits per heavy atom. The van der Waals surface area contributed by atoms with Crippen molar-refractivity contribution in [3.8, 4) is 11.5 Å². The quantitative estimate of drug-likeness (QED) is 0.891. The monoisotopic (exact) mass is 277 g/mol. The van der Waals surface area contributed by atoms with Gasteiger partial charge >= 0.3 is 0 Å². The van der Waals surface area contributed by atoms with Crippen LogP contribution in [0.1, 0.15) is 40.0 Å². The van der Waals surface area contributed by atoms with Crippen LogP contribution in [-0.2, 0) is 0 Å². The summed E-state index contributed by atoms with van der Waals surface area (Å²) in [5, 5.41) is 3.45. The van der Waals surface area contributed by atoms with Crippen LogP contribution in [0.3, 0.4) is 0 Å². The molecule has 0 spiro atoms. The van der Waals surface area contributed by atoms with Crippen LogP contribution in [0.25, 0.3) is 0 Å². The first-order chi connectivity index (χ1) is 9.69. The Bertz CT molecular complexity index is 390. The van der Waals surface area contributed by atoms with E-state index in [0.29, 0.717) is 12.0 Å². The highest BCUT2D eigenvalue weighted by Crippen LogP contribution is 2.23. The highest BCUT2D eigenvalue weighted by Gasteiger charge is 2.21. The normalized spacial score (nSPS) is 24.8. The van der Waals surface area contributed by atoms with Crippen LogP contribution < -0.4 is 14.8 Å². The lowest BCUT2D eigenvalue weighted by atomic mass is 10.0. The van der Waals surface area contributed by atoms with Crippen molar-refractivity contribution in [2.75, 3.05) is 13.1 Å². The molecule has 2 rings (SSSR count). The van der Waals surface area contributed by atoms with E-state index in [4.69, 9.17) is 9.47 Å². The highest BCUT2D eigenvalue weighted by molar-refractivity contribution is 5.31. The zero-order valence-corrected chi connectivity index (χ0v) is 12.9. The van der Waals surface area contributed by atoms with Crippen molar-refractivity contribution in [1.29, 1.82) is 0 Å². The summed E-state index contributed by atoms with van der Waals surface area (Å²) in [6.45, 7) is 8.61. The molecule has 0 saturated carbocycles. The summed E-state index contributed by atoms with van der Waals surface area (Å²) >= 11 is 0. The Balaban J connectivity index is 1.92.